The Morgan fingerprint density at radius 1 is 1.09 bits per heavy atom. The zero-order valence-corrected chi connectivity index (χ0v) is 9.85. The van der Waals surface area contributed by atoms with E-state index in [-0.39, 0.29) is 10.0 Å². The smallest absolute Gasteiger partial charge is 0.0184 e. The monoisotopic (exact) mass is 176 g/mol. The Balaban J connectivity index is 3.91. The van der Waals surface area contributed by atoms with Gasteiger partial charge in [0.2, 0.25) is 0 Å². The summed E-state index contributed by atoms with van der Waals surface area (Å²) in [7, 11) is -0.304. The largest absolute Gasteiger partial charge is 0.249 e. The first-order chi connectivity index (χ1) is 4.77. The minimum atomic E-state index is -0.304. The van der Waals surface area contributed by atoms with Gasteiger partial charge in [0.25, 0.3) is 0 Å². The Labute approximate surface area is 74.1 Å². The number of hydrogen-bond acceptors (Lipinski definition) is 0. The van der Waals surface area contributed by atoms with Crippen molar-refractivity contribution in [1.29, 1.82) is 0 Å². The van der Waals surface area contributed by atoms with E-state index in [1.807, 2.05) is 0 Å². The van der Waals surface area contributed by atoms with Crippen molar-refractivity contribution in [2.75, 3.05) is 24.5 Å². The first-order valence-electron chi connectivity index (χ1n) is 4.43. The van der Waals surface area contributed by atoms with Crippen LogP contribution in [0.25, 0.3) is 0 Å². The van der Waals surface area contributed by atoms with Gasteiger partial charge < -0.3 is 0 Å². The van der Waals surface area contributed by atoms with Crippen LogP contribution < -0.4 is 0 Å². The summed E-state index contributed by atoms with van der Waals surface area (Å²) in [5, 5.41) is 0. The fourth-order valence-electron chi connectivity index (χ4n) is 1.92. The van der Waals surface area contributed by atoms with Gasteiger partial charge in [-0.25, -0.2) is 10.0 Å². The Hall–Kier alpha value is 0.350. The number of rotatable bonds is 4. The van der Waals surface area contributed by atoms with E-state index in [1.54, 1.807) is 0 Å². The predicted molar refractivity (Wildman–Crippen MR) is 58.9 cm³/mol. The zero-order valence-electron chi connectivity index (χ0n) is 9.03. The summed E-state index contributed by atoms with van der Waals surface area (Å²) in [6.45, 7) is 7.07. The SMILES string of the molecule is CCCC(C)(C)CS(C)(C)C. The van der Waals surface area contributed by atoms with Crippen molar-refractivity contribution in [3.05, 3.63) is 0 Å². The molecule has 0 spiro atoms. The van der Waals surface area contributed by atoms with E-state index in [0.717, 1.165) is 0 Å². The lowest BCUT2D eigenvalue weighted by atomic mass is 9.91. The molecule has 0 N–H and O–H groups in total. The van der Waals surface area contributed by atoms with E-state index in [1.165, 1.54) is 18.6 Å². The van der Waals surface area contributed by atoms with Gasteiger partial charge in [0, 0.05) is 0 Å². The second kappa shape index (κ2) is 3.84. The van der Waals surface area contributed by atoms with E-state index >= 15 is 0 Å². The molecule has 0 heterocycles. The van der Waals surface area contributed by atoms with Crippen LogP contribution in [-0.2, 0) is 0 Å². The van der Waals surface area contributed by atoms with Crippen molar-refractivity contribution >= 4 is 10.0 Å². The van der Waals surface area contributed by atoms with Gasteiger partial charge >= 0.3 is 0 Å². The number of hydrogen-bond donors (Lipinski definition) is 0. The first kappa shape index (κ1) is 11.4. The topological polar surface area (TPSA) is 0 Å². The van der Waals surface area contributed by atoms with Gasteiger partial charge in [0.1, 0.15) is 0 Å². The summed E-state index contributed by atoms with van der Waals surface area (Å²) in [4.78, 5) is 0. The van der Waals surface area contributed by atoms with Crippen LogP contribution in [0.2, 0.25) is 0 Å². The van der Waals surface area contributed by atoms with Crippen LogP contribution >= 0.6 is 10.0 Å². The molecule has 0 nitrogen and oxygen atoms in total. The average molecular weight is 176 g/mol. The van der Waals surface area contributed by atoms with E-state index < -0.39 is 0 Å². The third-order valence-corrected chi connectivity index (χ3v) is 3.40. The molecule has 70 valence electrons. The van der Waals surface area contributed by atoms with Crippen molar-refractivity contribution in [2.45, 2.75) is 33.6 Å². The van der Waals surface area contributed by atoms with Crippen molar-refractivity contribution in [2.24, 2.45) is 5.41 Å². The fourth-order valence-corrected chi connectivity index (χ4v) is 4.41. The maximum Gasteiger partial charge on any atom is -0.0184 e. The van der Waals surface area contributed by atoms with Gasteiger partial charge in [-0.3, -0.25) is 0 Å². The van der Waals surface area contributed by atoms with Crippen molar-refractivity contribution in [1.82, 2.24) is 0 Å². The van der Waals surface area contributed by atoms with Gasteiger partial charge in [-0.2, -0.15) is 0 Å². The normalized spacial score (nSPS) is 15.1. The lowest BCUT2D eigenvalue weighted by molar-refractivity contribution is 0.381. The molecule has 11 heavy (non-hydrogen) atoms. The Morgan fingerprint density at radius 3 is 1.82 bits per heavy atom. The van der Waals surface area contributed by atoms with Crippen LogP contribution in [-0.4, -0.2) is 24.5 Å². The molecule has 0 aromatic rings. The summed E-state index contributed by atoms with van der Waals surface area (Å²) >= 11 is 0. The highest BCUT2D eigenvalue weighted by Crippen LogP contribution is 2.43. The van der Waals surface area contributed by atoms with Gasteiger partial charge in [-0.1, -0.05) is 27.2 Å². The van der Waals surface area contributed by atoms with E-state index in [4.69, 9.17) is 0 Å². The molecule has 0 rings (SSSR count). The molecule has 0 aliphatic carbocycles. The molecule has 0 amide bonds. The fraction of sp³-hybridized carbons (Fsp3) is 1.00. The molecule has 0 aromatic heterocycles. The molecular weight excluding hydrogens is 152 g/mol. The van der Waals surface area contributed by atoms with Crippen LogP contribution in [0, 0.1) is 5.41 Å². The van der Waals surface area contributed by atoms with Gasteiger partial charge in [0.15, 0.2) is 0 Å². The maximum absolute atomic E-state index is 2.41. The average Bonchev–Trinajstić information content (AvgIpc) is 1.55. The first-order valence-corrected chi connectivity index (χ1v) is 7.45. The van der Waals surface area contributed by atoms with Crippen molar-refractivity contribution in [3.63, 3.8) is 0 Å². The quantitative estimate of drug-likeness (QED) is 0.615. The molecule has 0 saturated carbocycles. The molecule has 0 saturated heterocycles. The lowest BCUT2D eigenvalue weighted by Crippen LogP contribution is -2.20. The van der Waals surface area contributed by atoms with Crippen LogP contribution in [0.15, 0.2) is 0 Å². The van der Waals surface area contributed by atoms with Gasteiger partial charge in [-0.05, 0) is 36.4 Å². The Bertz CT molecular complexity index is 109. The summed E-state index contributed by atoms with van der Waals surface area (Å²) in [5.74, 6) is 1.41. The van der Waals surface area contributed by atoms with Crippen LogP contribution in [0.5, 0.6) is 0 Å². The minimum Gasteiger partial charge on any atom is -0.249 e. The molecule has 0 bridgehead atoms. The second-order valence-corrected chi connectivity index (χ2v) is 9.62. The molecule has 0 aliphatic rings. The third-order valence-electron chi connectivity index (χ3n) is 1.75. The van der Waals surface area contributed by atoms with Crippen LogP contribution in [0.3, 0.4) is 0 Å². The highest BCUT2D eigenvalue weighted by Gasteiger charge is 2.21. The third kappa shape index (κ3) is 6.74. The van der Waals surface area contributed by atoms with Gasteiger partial charge in [-0.15, -0.1) is 0 Å². The molecule has 0 atom stereocenters. The molecule has 0 fully saturated rings. The molecule has 1 heteroatoms. The highest BCUT2D eigenvalue weighted by atomic mass is 32.3. The Morgan fingerprint density at radius 2 is 1.55 bits per heavy atom. The summed E-state index contributed by atoms with van der Waals surface area (Å²) in [5.41, 5.74) is 0.572. The van der Waals surface area contributed by atoms with Crippen LogP contribution in [0.4, 0.5) is 0 Å². The van der Waals surface area contributed by atoms with Crippen molar-refractivity contribution < 1.29 is 0 Å². The summed E-state index contributed by atoms with van der Waals surface area (Å²) < 4.78 is 0. The highest BCUT2D eigenvalue weighted by molar-refractivity contribution is 8.32. The predicted octanol–water partition coefficient (Wildman–Crippen LogP) is 3.51. The van der Waals surface area contributed by atoms with E-state index in [2.05, 4.69) is 39.5 Å². The molecule has 0 unspecified atom stereocenters. The minimum absolute atomic E-state index is 0.304. The van der Waals surface area contributed by atoms with Crippen LogP contribution in [0.1, 0.15) is 33.6 Å². The molecular formula is C10H24S. The van der Waals surface area contributed by atoms with Crippen molar-refractivity contribution in [3.8, 4) is 0 Å². The van der Waals surface area contributed by atoms with E-state index in [9.17, 15) is 0 Å². The standard InChI is InChI=1S/C10H24S/c1-7-8-10(2,3)9-11(4,5)6/h7-9H2,1-6H3. The zero-order chi connectivity index (χ0) is 9.12. The lowest BCUT2D eigenvalue weighted by Gasteiger charge is -2.36. The molecule has 0 aromatic carbocycles. The van der Waals surface area contributed by atoms with Gasteiger partial charge in [0.05, 0.1) is 0 Å². The molecule has 0 radical (unpaired) electrons. The summed E-state index contributed by atoms with van der Waals surface area (Å²) in [6.07, 6.45) is 9.92. The molecule has 0 aliphatic heterocycles. The van der Waals surface area contributed by atoms with E-state index in [0.29, 0.717) is 5.41 Å². The second-order valence-electron chi connectivity index (χ2n) is 5.15. The summed E-state index contributed by atoms with van der Waals surface area (Å²) in [6, 6.07) is 0. The Kier molecular flexibility index (Phi) is 3.96. The maximum atomic E-state index is 2.41.